The largest absolute Gasteiger partial charge is 0.496 e. The molecule has 1 atom stereocenters. The summed E-state index contributed by atoms with van der Waals surface area (Å²) in [5, 5.41) is 0.555. The minimum Gasteiger partial charge on any atom is -0.496 e. The molecule has 1 unspecified atom stereocenters. The third-order valence-electron chi connectivity index (χ3n) is 5.42. The predicted octanol–water partition coefficient (Wildman–Crippen LogP) is 4.29. The van der Waals surface area contributed by atoms with Crippen LogP contribution in [0.2, 0.25) is 5.02 Å². The molecule has 0 bridgehead atoms. The summed E-state index contributed by atoms with van der Waals surface area (Å²) in [6.07, 6.45) is 6.91. The first-order valence-corrected chi connectivity index (χ1v) is 12.0. The standard InChI is InChI=1S/C27H23ClN2O4S/c1-4-16-34-26(32)23-17(2)29-27-30(24(23)19-12-14-20(28)15-13-19)25(31)22(35-27)11-7-9-18-8-5-6-10-21(18)33-3/h4-15,24H,1,16H2,2-3H3. The number of aromatic nitrogens is 1. The molecule has 0 radical (unpaired) electrons. The van der Waals surface area contributed by atoms with Gasteiger partial charge in [-0.3, -0.25) is 9.36 Å². The fourth-order valence-electron chi connectivity index (χ4n) is 3.81. The van der Waals surface area contributed by atoms with Gasteiger partial charge in [-0.15, -0.1) is 0 Å². The van der Waals surface area contributed by atoms with Gasteiger partial charge in [0.1, 0.15) is 12.4 Å². The SMILES string of the molecule is C=CCOC(=O)C1=C(C)N=c2sc(=CC=Cc3ccccc3OC)c(=O)n2C1c1ccc(Cl)cc1. The zero-order valence-corrected chi connectivity index (χ0v) is 20.8. The molecule has 6 nitrogen and oxygen atoms in total. The Labute approximate surface area is 211 Å². The van der Waals surface area contributed by atoms with Crippen LogP contribution in [0.25, 0.3) is 12.2 Å². The number of para-hydroxylation sites is 1. The number of allylic oxidation sites excluding steroid dienone is 2. The third-order valence-corrected chi connectivity index (χ3v) is 6.68. The van der Waals surface area contributed by atoms with E-state index in [0.29, 0.717) is 25.6 Å². The number of halogens is 1. The van der Waals surface area contributed by atoms with E-state index in [0.717, 1.165) is 16.9 Å². The fraction of sp³-hybridized carbons (Fsp3) is 0.148. The molecule has 35 heavy (non-hydrogen) atoms. The molecule has 2 heterocycles. The smallest absolute Gasteiger partial charge is 0.338 e. The van der Waals surface area contributed by atoms with Crippen LogP contribution in [0.4, 0.5) is 0 Å². The molecule has 1 aliphatic heterocycles. The monoisotopic (exact) mass is 506 g/mol. The number of nitrogens with zero attached hydrogens (tertiary/aromatic N) is 2. The minimum atomic E-state index is -0.693. The molecule has 1 aromatic heterocycles. The summed E-state index contributed by atoms with van der Waals surface area (Å²) in [4.78, 5) is 31.6. The van der Waals surface area contributed by atoms with E-state index in [9.17, 15) is 9.59 Å². The average molecular weight is 507 g/mol. The number of carbonyl (C=O) groups excluding carboxylic acids is 1. The van der Waals surface area contributed by atoms with Gasteiger partial charge in [0, 0.05) is 10.6 Å². The molecule has 1 aliphatic rings. The summed E-state index contributed by atoms with van der Waals surface area (Å²) >= 11 is 7.35. The second-order valence-electron chi connectivity index (χ2n) is 7.64. The number of methoxy groups -OCH3 is 1. The van der Waals surface area contributed by atoms with E-state index in [-0.39, 0.29) is 12.2 Å². The lowest BCUT2D eigenvalue weighted by molar-refractivity contribution is -0.138. The summed E-state index contributed by atoms with van der Waals surface area (Å²) < 4.78 is 12.7. The highest BCUT2D eigenvalue weighted by molar-refractivity contribution is 7.07. The Morgan fingerprint density at radius 2 is 1.97 bits per heavy atom. The molecule has 0 fully saturated rings. The van der Waals surface area contributed by atoms with Crippen LogP contribution in [0.15, 0.2) is 88.3 Å². The molecular formula is C27H23ClN2O4S. The van der Waals surface area contributed by atoms with Crippen LogP contribution < -0.4 is 19.6 Å². The van der Waals surface area contributed by atoms with E-state index >= 15 is 0 Å². The van der Waals surface area contributed by atoms with Crippen molar-refractivity contribution < 1.29 is 14.3 Å². The van der Waals surface area contributed by atoms with Crippen molar-refractivity contribution in [1.82, 2.24) is 4.57 Å². The Kier molecular flexibility index (Phi) is 7.48. The first-order chi connectivity index (χ1) is 16.9. The lowest BCUT2D eigenvalue weighted by Gasteiger charge is -2.24. The Bertz CT molecular complexity index is 1510. The first kappa shape index (κ1) is 24.4. The van der Waals surface area contributed by atoms with Gasteiger partial charge in [-0.05, 0) is 36.8 Å². The Hall–Kier alpha value is -3.68. The number of ether oxygens (including phenoxy) is 2. The van der Waals surface area contributed by atoms with E-state index < -0.39 is 12.0 Å². The Balaban J connectivity index is 1.83. The van der Waals surface area contributed by atoms with Crippen molar-refractivity contribution in [2.75, 3.05) is 13.7 Å². The topological polar surface area (TPSA) is 69.9 Å². The minimum absolute atomic E-state index is 0.0567. The maximum atomic E-state index is 13.5. The maximum absolute atomic E-state index is 13.5. The number of carbonyl (C=O) groups is 1. The number of hydrogen-bond acceptors (Lipinski definition) is 6. The molecule has 0 saturated carbocycles. The van der Waals surface area contributed by atoms with Gasteiger partial charge in [-0.2, -0.15) is 0 Å². The highest BCUT2D eigenvalue weighted by atomic mass is 35.5. The van der Waals surface area contributed by atoms with Crippen molar-refractivity contribution in [1.29, 1.82) is 0 Å². The number of thiazole rings is 1. The van der Waals surface area contributed by atoms with E-state index in [4.69, 9.17) is 21.1 Å². The quantitative estimate of drug-likeness (QED) is 0.354. The number of esters is 1. The van der Waals surface area contributed by atoms with Crippen LogP contribution in [-0.2, 0) is 9.53 Å². The normalized spacial score (nSPS) is 15.6. The molecule has 178 valence electrons. The van der Waals surface area contributed by atoms with Gasteiger partial charge in [0.15, 0.2) is 4.80 Å². The molecule has 0 amide bonds. The van der Waals surface area contributed by atoms with E-state index in [2.05, 4.69) is 11.6 Å². The average Bonchev–Trinajstić information content (AvgIpc) is 3.17. The summed E-state index contributed by atoms with van der Waals surface area (Å²) in [6.45, 7) is 5.39. The van der Waals surface area contributed by atoms with Gasteiger partial charge in [0.2, 0.25) is 0 Å². The third kappa shape index (κ3) is 5.06. The van der Waals surface area contributed by atoms with Crippen LogP contribution in [0.1, 0.15) is 24.1 Å². The molecule has 0 aliphatic carbocycles. The van der Waals surface area contributed by atoms with Gasteiger partial charge >= 0.3 is 5.97 Å². The Morgan fingerprint density at radius 3 is 2.69 bits per heavy atom. The number of fused-ring (bicyclic) bond motifs is 1. The summed E-state index contributed by atoms with van der Waals surface area (Å²) in [5.41, 5.74) is 2.17. The zero-order valence-electron chi connectivity index (χ0n) is 19.2. The highest BCUT2D eigenvalue weighted by Gasteiger charge is 2.33. The molecule has 3 aromatic rings. The van der Waals surface area contributed by atoms with Gasteiger partial charge in [0.25, 0.3) is 5.56 Å². The van der Waals surface area contributed by atoms with Crippen LogP contribution >= 0.6 is 22.9 Å². The Morgan fingerprint density at radius 1 is 1.23 bits per heavy atom. The molecule has 0 N–H and O–H groups in total. The molecular weight excluding hydrogens is 484 g/mol. The van der Waals surface area contributed by atoms with E-state index in [1.807, 2.05) is 30.3 Å². The van der Waals surface area contributed by atoms with Crippen molar-refractivity contribution in [2.45, 2.75) is 13.0 Å². The van der Waals surface area contributed by atoms with Crippen molar-refractivity contribution in [2.24, 2.45) is 4.99 Å². The summed E-state index contributed by atoms with van der Waals surface area (Å²) in [6, 6.07) is 14.0. The van der Waals surface area contributed by atoms with Crippen LogP contribution in [0, 0.1) is 0 Å². The van der Waals surface area contributed by atoms with Gasteiger partial charge in [-0.1, -0.05) is 78.1 Å². The van der Waals surface area contributed by atoms with Gasteiger partial charge in [0.05, 0.1) is 29.0 Å². The van der Waals surface area contributed by atoms with Gasteiger partial charge < -0.3 is 9.47 Å². The summed E-state index contributed by atoms with van der Waals surface area (Å²) in [7, 11) is 1.61. The number of benzene rings is 2. The number of rotatable bonds is 7. The molecule has 2 aromatic carbocycles. The molecule has 0 saturated heterocycles. The maximum Gasteiger partial charge on any atom is 0.338 e. The van der Waals surface area contributed by atoms with Crippen LogP contribution in [0.3, 0.4) is 0 Å². The summed E-state index contributed by atoms with van der Waals surface area (Å²) in [5.74, 6) is 0.191. The van der Waals surface area contributed by atoms with Crippen LogP contribution in [-0.4, -0.2) is 24.3 Å². The lowest BCUT2D eigenvalue weighted by Crippen LogP contribution is -2.39. The molecule has 0 spiro atoms. The van der Waals surface area contributed by atoms with E-state index in [1.54, 1.807) is 50.5 Å². The molecule has 4 rings (SSSR count). The second-order valence-corrected chi connectivity index (χ2v) is 9.09. The zero-order chi connectivity index (χ0) is 24.9. The fourth-order valence-corrected chi connectivity index (χ4v) is 4.94. The van der Waals surface area contributed by atoms with Crippen molar-refractivity contribution >= 4 is 41.1 Å². The predicted molar refractivity (Wildman–Crippen MR) is 139 cm³/mol. The molecule has 8 heteroatoms. The van der Waals surface area contributed by atoms with Gasteiger partial charge in [-0.25, -0.2) is 9.79 Å². The number of hydrogen-bond donors (Lipinski definition) is 0. The first-order valence-electron chi connectivity index (χ1n) is 10.8. The van der Waals surface area contributed by atoms with Crippen molar-refractivity contribution in [3.8, 4) is 5.75 Å². The van der Waals surface area contributed by atoms with Crippen molar-refractivity contribution in [3.05, 3.63) is 114 Å². The second kappa shape index (κ2) is 10.7. The highest BCUT2D eigenvalue weighted by Crippen LogP contribution is 2.31. The lowest BCUT2D eigenvalue weighted by atomic mass is 9.96. The van der Waals surface area contributed by atoms with Crippen LogP contribution in [0.5, 0.6) is 5.75 Å². The van der Waals surface area contributed by atoms with E-state index in [1.165, 1.54) is 22.0 Å². The van der Waals surface area contributed by atoms with Crippen molar-refractivity contribution in [3.63, 3.8) is 0 Å².